The minimum Gasteiger partial charge on any atom is -0.486 e. The molecule has 0 aliphatic carbocycles. The van der Waals surface area contributed by atoms with Crippen LogP contribution < -0.4 is 21.1 Å². The van der Waals surface area contributed by atoms with E-state index in [0.29, 0.717) is 52.9 Å². The van der Waals surface area contributed by atoms with E-state index in [-0.39, 0.29) is 58.5 Å². The number of rotatable bonds is 12. The summed E-state index contributed by atoms with van der Waals surface area (Å²) in [7, 11) is -4.20. The molecule has 2 heterocycles. The quantitative estimate of drug-likeness (QED) is 0.0553. The number of benzene rings is 3. The molecule has 5 rings (SSSR count). The number of amides is 2. The second-order valence-corrected chi connectivity index (χ2v) is 13.6. The Morgan fingerprint density at radius 3 is 2.56 bits per heavy atom. The Bertz CT molecular complexity index is 1980. The minimum atomic E-state index is -4.20. The fourth-order valence-electron chi connectivity index (χ4n) is 5.26. The summed E-state index contributed by atoms with van der Waals surface area (Å²) in [6, 6.07) is 13.3. The van der Waals surface area contributed by atoms with Crippen LogP contribution in [-0.2, 0) is 21.4 Å². The molecule has 0 unspecified atom stereocenters. The summed E-state index contributed by atoms with van der Waals surface area (Å²) in [6.07, 6.45) is 2.89. The highest BCUT2D eigenvalue weighted by molar-refractivity contribution is 7.89. The molecule has 252 valence electrons. The number of sulfonamides is 1. The highest BCUT2D eigenvalue weighted by Gasteiger charge is 2.40. The molecule has 1 aliphatic heterocycles. The van der Waals surface area contributed by atoms with Crippen LogP contribution in [0.5, 0.6) is 5.75 Å². The molecule has 1 atom stereocenters. The van der Waals surface area contributed by atoms with E-state index in [2.05, 4.69) is 25.8 Å². The number of amidine groups is 1. The zero-order valence-electron chi connectivity index (χ0n) is 25.8. The molecule has 3 aromatic carbocycles. The Kier molecular flexibility index (Phi) is 11.0. The molecule has 5 N–H and O–H groups in total. The number of nitrogens with two attached hydrogens (primary N) is 1. The molecule has 0 spiro atoms. The van der Waals surface area contributed by atoms with Crippen molar-refractivity contribution in [1.82, 2.24) is 24.9 Å². The molecule has 16 heteroatoms. The average Bonchev–Trinajstić information content (AvgIpc) is 3.59. The van der Waals surface area contributed by atoms with Crippen LogP contribution in [0.4, 0.5) is 0 Å². The fourth-order valence-corrected chi connectivity index (χ4v) is 7.78. The van der Waals surface area contributed by atoms with Gasteiger partial charge in [-0.05, 0) is 62.6 Å². The van der Waals surface area contributed by atoms with E-state index >= 15 is 0 Å². The molecule has 0 saturated carbocycles. The first-order chi connectivity index (χ1) is 23.0. The summed E-state index contributed by atoms with van der Waals surface area (Å²) in [4.78, 5) is 34.2. The summed E-state index contributed by atoms with van der Waals surface area (Å²) < 4.78 is 34.9. The first-order valence-corrected chi connectivity index (χ1v) is 17.2. The lowest BCUT2D eigenvalue weighted by molar-refractivity contribution is -0.124. The van der Waals surface area contributed by atoms with Gasteiger partial charge in [0.1, 0.15) is 28.8 Å². The Hall–Kier alpha value is -4.50. The number of aromatic nitrogens is 2. The van der Waals surface area contributed by atoms with Crippen molar-refractivity contribution in [2.24, 2.45) is 10.9 Å². The molecule has 0 radical (unpaired) electrons. The number of para-hydroxylation sites is 1. The van der Waals surface area contributed by atoms with Crippen LogP contribution in [0.25, 0.3) is 11.0 Å². The topological polar surface area (TPSA) is 189 Å². The maximum Gasteiger partial charge on any atom is 0.251 e. The van der Waals surface area contributed by atoms with E-state index in [9.17, 15) is 18.0 Å². The van der Waals surface area contributed by atoms with Gasteiger partial charge in [0, 0.05) is 47.5 Å². The van der Waals surface area contributed by atoms with Crippen molar-refractivity contribution < 1.29 is 28.0 Å². The zero-order valence-corrected chi connectivity index (χ0v) is 28.1. The lowest BCUT2D eigenvalue weighted by Crippen LogP contribution is -2.46. The summed E-state index contributed by atoms with van der Waals surface area (Å²) in [5, 5.41) is 17.4. The minimum absolute atomic E-state index is 0.0687. The number of fused-ring (bicyclic) bond motifs is 1. The van der Waals surface area contributed by atoms with E-state index in [1.807, 2.05) is 6.92 Å². The first-order valence-electron chi connectivity index (χ1n) is 15.0. The van der Waals surface area contributed by atoms with Gasteiger partial charge < -0.3 is 26.3 Å². The summed E-state index contributed by atoms with van der Waals surface area (Å²) in [5.41, 5.74) is 8.56. The molecule has 1 aromatic heterocycles. The van der Waals surface area contributed by atoms with Crippen LogP contribution in [0, 0.1) is 6.92 Å². The van der Waals surface area contributed by atoms with Gasteiger partial charge >= 0.3 is 0 Å². The fraction of sp³-hybridized carbons (Fsp3) is 0.281. The smallest absolute Gasteiger partial charge is 0.251 e. The Morgan fingerprint density at radius 2 is 1.81 bits per heavy atom. The van der Waals surface area contributed by atoms with Gasteiger partial charge in [-0.3, -0.25) is 14.6 Å². The predicted octanol–water partition coefficient (Wildman–Crippen LogP) is 4.01. The number of oxime groups is 1. The maximum absolute atomic E-state index is 13.9. The molecule has 0 bridgehead atoms. The van der Waals surface area contributed by atoms with E-state index in [1.54, 1.807) is 48.7 Å². The zero-order chi connectivity index (χ0) is 34.4. The SMILES string of the molecule is Cc1cnc2cccc(OCc3c(Cl)ccc(S(=O)(=O)N4CCC[C@H]4C(=O)NCCCNC(=O)c4ccc(/C(N)=N\O)cc4)c3Cl)c2n1. The maximum atomic E-state index is 13.9. The van der Waals surface area contributed by atoms with Gasteiger partial charge in [0.2, 0.25) is 15.9 Å². The number of aryl methyl sites for hydroxylation is 1. The normalized spacial score (nSPS) is 15.4. The number of hydrogen-bond acceptors (Lipinski definition) is 9. The third kappa shape index (κ3) is 7.62. The van der Waals surface area contributed by atoms with Gasteiger partial charge in [0.15, 0.2) is 5.84 Å². The molecular formula is C32H33Cl2N7O6S. The number of nitrogens with zero attached hydrogens (tertiary/aromatic N) is 4. The van der Waals surface area contributed by atoms with Crippen LogP contribution in [0.15, 0.2) is 70.8 Å². The predicted molar refractivity (Wildman–Crippen MR) is 181 cm³/mol. The molecule has 1 saturated heterocycles. The molecule has 1 fully saturated rings. The highest BCUT2D eigenvalue weighted by atomic mass is 35.5. The molecule has 48 heavy (non-hydrogen) atoms. The van der Waals surface area contributed by atoms with Gasteiger partial charge in [-0.2, -0.15) is 4.31 Å². The van der Waals surface area contributed by atoms with Crippen molar-refractivity contribution in [1.29, 1.82) is 0 Å². The van der Waals surface area contributed by atoms with Gasteiger partial charge in [-0.15, -0.1) is 0 Å². The van der Waals surface area contributed by atoms with Crippen LogP contribution in [0.1, 0.15) is 46.4 Å². The van der Waals surface area contributed by atoms with E-state index in [4.69, 9.17) is 38.9 Å². The van der Waals surface area contributed by atoms with Gasteiger partial charge in [0.05, 0.1) is 16.2 Å². The lowest BCUT2D eigenvalue weighted by Gasteiger charge is -2.24. The third-order valence-corrected chi connectivity index (χ3v) is 10.6. The molecule has 4 aromatic rings. The number of carbonyl (C=O) groups is 2. The number of ether oxygens (including phenoxy) is 1. The van der Waals surface area contributed by atoms with Crippen molar-refractivity contribution in [3.8, 4) is 5.75 Å². The van der Waals surface area contributed by atoms with Crippen LogP contribution in [0.3, 0.4) is 0 Å². The second-order valence-electron chi connectivity index (χ2n) is 11.0. The first kappa shape index (κ1) is 34.8. The van der Waals surface area contributed by atoms with E-state index in [1.165, 1.54) is 12.1 Å². The summed E-state index contributed by atoms with van der Waals surface area (Å²) >= 11 is 13.1. The molecule has 13 nitrogen and oxygen atoms in total. The van der Waals surface area contributed by atoms with Crippen molar-refractivity contribution in [2.45, 2.75) is 43.7 Å². The van der Waals surface area contributed by atoms with Crippen molar-refractivity contribution in [2.75, 3.05) is 19.6 Å². The number of carbonyl (C=O) groups excluding carboxylic acids is 2. The van der Waals surface area contributed by atoms with Crippen LogP contribution in [-0.4, -0.2) is 71.2 Å². The van der Waals surface area contributed by atoms with Crippen LogP contribution >= 0.6 is 23.2 Å². The monoisotopic (exact) mass is 713 g/mol. The van der Waals surface area contributed by atoms with Gasteiger partial charge in [-0.25, -0.2) is 13.4 Å². The van der Waals surface area contributed by atoms with Crippen molar-refractivity contribution in [3.63, 3.8) is 0 Å². The Labute approximate surface area is 287 Å². The highest BCUT2D eigenvalue weighted by Crippen LogP contribution is 2.36. The number of nitrogens with one attached hydrogen (secondary N) is 2. The van der Waals surface area contributed by atoms with E-state index < -0.39 is 22.0 Å². The van der Waals surface area contributed by atoms with Gasteiger partial charge in [-0.1, -0.05) is 46.6 Å². The molecular weight excluding hydrogens is 681 g/mol. The largest absolute Gasteiger partial charge is 0.486 e. The Balaban J connectivity index is 1.19. The standard InChI is InChI=1S/C32H33Cl2N7O6S/c1-19-17-38-24-5-2-7-26(29(24)39-19)47-18-22-23(33)12-13-27(28(22)34)48(45,46)41-16-3-6-25(41)32(43)37-15-4-14-36-31(42)21-10-8-20(9-11-21)30(35)40-44/h2,5,7-13,17,25,44H,3-4,6,14-16,18H2,1H3,(H2,35,40)(H,36,42)(H,37,43)/t25-/m0/s1. The molecule has 1 aliphatic rings. The number of hydrogen-bond donors (Lipinski definition) is 4. The van der Waals surface area contributed by atoms with Gasteiger partial charge in [0.25, 0.3) is 5.91 Å². The summed E-state index contributed by atoms with van der Waals surface area (Å²) in [5.74, 6) is -0.400. The van der Waals surface area contributed by atoms with Crippen LogP contribution in [0.2, 0.25) is 10.0 Å². The Morgan fingerprint density at radius 1 is 1.08 bits per heavy atom. The van der Waals surface area contributed by atoms with E-state index in [0.717, 1.165) is 4.31 Å². The lowest BCUT2D eigenvalue weighted by atomic mass is 10.1. The second kappa shape index (κ2) is 15.2. The number of halogens is 2. The molecule has 2 amide bonds. The van der Waals surface area contributed by atoms with Crippen molar-refractivity contribution in [3.05, 3.63) is 93.2 Å². The summed E-state index contributed by atoms with van der Waals surface area (Å²) in [6.45, 7) is 2.31. The third-order valence-electron chi connectivity index (χ3n) is 7.76. The average molecular weight is 715 g/mol. The van der Waals surface area contributed by atoms with Crippen molar-refractivity contribution >= 4 is 61.9 Å².